The minimum absolute atomic E-state index is 0.0748. The van der Waals surface area contributed by atoms with Crippen LogP contribution in [0, 0.1) is 5.41 Å². The van der Waals surface area contributed by atoms with E-state index in [-0.39, 0.29) is 23.3 Å². The smallest absolute Gasteiger partial charge is 0.253 e. The average molecular weight is 476 g/mol. The topological polar surface area (TPSA) is 78.0 Å². The van der Waals surface area contributed by atoms with E-state index in [1.54, 1.807) is 4.90 Å². The summed E-state index contributed by atoms with van der Waals surface area (Å²) in [5.41, 5.74) is 2.64. The third-order valence-corrected chi connectivity index (χ3v) is 8.09. The Labute approximate surface area is 206 Å². The van der Waals surface area contributed by atoms with Crippen molar-refractivity contribution in [2.75, 3.05) is 48.5 Å². The van der Waals surface area contributed by atoms with Crippen molar-refractivity contribution in [3.63, 3.8) is 0 Å². The molecule has 1 aliphatic carbocycles. The van der Waals surface area contributed by atoms with Gasteiger partial charge in [0, 0.05) is 37.4 Å². The molecule has 2 amide bonds. The van der Waals surface area contributed by atoms with Gasteiger partial charge in [0.2, 0.25) is 5.91 Å². The highest BCUT2D eigenvalue weighted by atomic mass is 16.5. The van der Waals surface area contributed by atoms with Gasteiger partial charge in [-0.3, -0.25) is 9.59 Å². The number of carbonyl (C=O) groups excluding carboxylic acids is 2. The molecule has 1 aromatic heterocycles. The molecule has 1 spiro atoms. The summed E-state index contributed by atoms with van der Waals surface area (Å²) in [4.78, 5) is 36.6. The second-order valence-electron chi connectivity index (χ2n) is 10.7. The van der Waals surface area contributed by atoms with Crippen LogP contribution in [0.5, 0.6) is 0 Å². The Kier molecular flexibility index (Phi) is 5.44. The molecule has 4 heterocycles. The largest absolute Gasteiger partial charge is 0.380 e. The van der Waals surface area contributed by atoms with Gasteiger partial charge in [-0.05, 0) is 56.2 Å². The quantitative estimate of drug-likeness (QED) is 0.725. The van der Waals surface area contributed by atoms with E-state index in [2.05, 4.69) is 10.2 Å². The number of benzene rings is 1. The van der Waals surface area contributed by atoms with Crippen molar-refractivity contribution in [3.8, 4) is 0 Å². The number of aromatic nitrogens is 1. The van der Waals surface area contributed by atoms with Crippen molar-refractivity contribution in [1.29, 1.82) is 0 Å². The Morgan fingerprint density at radius 3 is 2.43 bits per heavy atom. The lowest BCUT2D eigenvalue weighted by molar-refractivity contribution is -0.176. The number of amides is 2. The van der Waals surface area contributed by atoms with Crippen molar-refractivity contribution in [1.82, 2.24) is 9.88 Å². The zero-order valence-corrected chi connectivity index (χ0v) is 20.5. The van der Waals surface area contributed by atoms with E-state index in [0.717, 1.165) is 62.2 Å². The first-order valence-corrected chi connectivity index (χ1v) is 12.8. The molecule has 0 bridgehead atoms. The van der Waals surface area contributed by atoms with Crippen LogP contribution in [0.15, 0.2) is 36.4 Å². The van der Waals surface area contributed by atoms with Crippen molar-refractivity contribution < 1.29 is 14.3 Å². The van der Waals surface area contributed by atoms with E-state index in [1.165, 1.54) is 19.3 Å². The van der Waals surface area contributed by atoms with Crippen molar-refractivity contribution in [3.05, 3.63) is 42.0 Å². The van der Waals surface area contributed by atoms with Crippen LogP contribution in [0.3, 0.4) is 0 Å². The van der Waals surface area contributed by atoms with E-state index in [1.807, 2.05) is 55.3 Å². The van der Waals surface area contributed by atoms with Gasteiger partial charge in [-0.2, -0.15) is 0 Å². The van der Waals surface area contributed by atoms with Gasteiger partial charge >= 0.3 is 0 Å². The minimum Gasteiger partial charge on any atom is -0.380 e. The first kappa shape index (κ1) is 22.3. The Hall–Kier alpha value is -3.13. The number of nitrogens with one attached hydrogen (secondary N) is 1. The van der Waals surface area contributed by atoms with Crippen LogP contribution in [-0.4, -0.2) is 67.1 Å². The van der Waals surface area contributed by atoms with Crippen LogP contribution >= 0.6 is 0 Å². The molecule has 184 valence electrons. The third kappa shape index (κ3) is 3.84. The first-order valence-electron chi connectivity index (χ1n) is 12.8. The van der Waals surface area contributed by atoms with Gasteiger partial charge in [0.1, 0.15) is 11.9 Å². The van der Waals surface area contributed by atoms with Crippen molar-refractivity contribution in [2.24, 2.45) is 5.41 Å². The molecule has 0 unspecified atom stereocenters. The summed E-state index contributed by atoms with van der Waals surface area (Å²) in [6, 6.07) is 11.6. The summed E-state index contributed by atoms with van der Waals surface area (Å²) in [7, 11) is 1.83. The van der Waals surface area contributed by atoms with Gasteiger partial charge < -0.3 is 24.8 Å². The van der Waals surface area contributed by atoms with Gasteiger partial charge in [-0.1, -0.05) is 19.3 Å². The number of likely N-dealkylation sites (tertiary alicyclic amines) is 1. The molecule has 1 aromatic carbocycles. The Morgan fingerprint density at radius 2 is 1.77 bits per heavy atom. The molecule has 3 aliphatic heterocycles. The number of fused-ring (bicyclic) bond motifs is 1. The maximum absolute atomic E-state index is 12.9. The molecule has 2 aromatic rings. The van der Waals surface area contributed by atoms with Crippen molar-refractivity contribution >= 4 is 34.8 Å². The van der Waals surface area contributed by atoms with Crippen LogP contribution in [0.1, 0.15) is 49.4 Å². The maximum Gasteiger partial charge on any atom is 0.253 e. The number of pyridine rings is 1. The summed E-state index contributed by atoms with van der Waals surface area (Å²) in [6.45, 7) is 5.12. The molecule has 35 heavy (non-hydrogen) atoms. The van der Waals surface area contributed by atoms with Gasteiger partial charge in [0.15, 0.2) is 5.82 Å². The van der Waals surface area contributed by atoms with E-state index in [4.69, 9.17) is 9.72 Å². The normalized spacial score (nSPS) is 23.5. The van der Waals surface area contributed by atoms with Crippen LogP contribution in [-0.2, 0) is 9.53 Å². The van der Waals surface area contributed by atoms with E-state index in [0.29, 0.717) is 11.6 Å². The Balaban J connectivity index is 1.19. The molecule has 8 nitrogen and oxygen atoms in total. The molecule has 0 radical (unpaired) electrons. The van der Waals surface area contributed by atoms with Gasteiger partial charge in [-0.25, -0.2) is 4.98 Å². The fourth-order valence-corrected chi connectivity index (χ4v) is 6.02. The van der Waals surface area contributed by atoms with Gasteiger partial charge in [0.25, 0.3) is 5.91 Å². The first-order chi connectivity index (χ1) is 16.9. The number of carbonyl (C=O) groups is 2. The van der Waals surface area contributed by atoms with Gasteiger partial charge in [-0.15, -0.1) is 0 Å². The number of hydrogen-bond donors (Lipinski definition) is 1. The molecule has 1 saturated carbocycles. The standard InChI is InChI=1S/C27H33N5O3/c1-18-25(33)30(2)22-12-13-23(29-24(22)32(18)21-6-4-3-5-7-21)28-20-10-8-19(9-11-20)26(34)31-14-27(15-31)16-35-17-27/h8-13,18,21H,3-7,14-17H2,1-2H3,(H,28,29)/t18-/m1/s1. The predicted octanol–water partition coefficient (Wildman–Crippen LogP) is 3.80. The number of ether oxygens (including phenoxy) is 1. The number of likely N-dealkylation sites (N-methyl/N-ethyl adjacent to an activating group) is 1. The zero-order chi connectivity index (χ0) is 24.2. The van der Waals surface area contributed by atoms with E-state index >= 15 is 0 Å². The van der Waals surface area contributed by atoms with Crippen molar-refractivity contribution in [2.45, 2.75) is 51.1 Å². The summed E-state index contributed by atoms with van der Waals surface area (Å²) < 4.78 is 5.30. The predicted molar refractivity (Wildman–Crippen MR) is 135 cm³/mol. The minimum atomic E-state index is -0.226. The summed E-state index contributed by atoms with van der Waals surface area (Å²) in [6.07, 6.45) is 5.85. The fraction of sp³-hybridized carbons (Fsp3) is 0.519. The zero-order valence-electron chi connectivity index (χ0n) is 20.5. The number of anilines is 4. The Bertz CT molecular complexity index is 1130. The summed E-state index contributed by atoms with van der Waals surface area (Å²) in [5.74, 6) is 1.79. The molecule has 1 N–H and O–H groups in total. The molecular weight excluding hydrogens is 442 g/mol. The third-order valence-electron chi connectivity index (χ3n) is 8.09. The van der Waals surface area contributed by atoms with E-state index in [9.17, 15) is 9.59 Å². The highest BCUT2D eigenvalue weighted by Gasteiger charge is 2.50. The second-order valence-corrected chi connectivity index (χ2v) is 10.7. The van der Waals surface area contributed by atoms with Crippen LogP contribution in [0.2, 0.25) is 0 Å². The number of hydrogen-bond acceptors (Lipinski definition) is 6. The molecule has 6 rings (SSSR count). The van der Waals surface area contributed by atoms with Crippen LogP contribution in [0.4, 0.5) is 23.0 Å². The highest BCUT2D eigenvalue weighted by Crippen LogP contribution is 2.40. The molecule has 1 atom stereocenters. The summed E-state index contributed by atoms with van der Waals surface area (Å²) in [5, 5.41) is 3.39. The lowest BCUT2D eigenvalue weighted by atomic mass is 9.78. The number of rotatable bonds is 4. The molecule has 8 heteroatoms. The lowest BCUT2D eigenvalue weighted by Crippen LogP contribution is -2.67. The number of nitrogens with zero attached hydrogens (tertiary/aromatic N) is 4. The lowest BCUT2D eigenvalue weighted by Gasteiger charge is -2.54. The Morgan fingerprint density at radius 1 is 1.06 bits per heavy atom. The monoisotopic (exact) mass is 475 g/mol. The van der Waals surface area contributed by atoms with Crippen LogP contribution in [0.25, 0.3) is 0 Å². The average Bonchev–Trinajstić information content (AvgIpc) is 2.82. The fourth-order valence-electron chi connectivity index (χ4n) is 6.02. The maximum atomic E-state index is 12.9. The molecular formula is C27H33N5O3. The SMILES string of the molecule is C[C@@H]1C(=O)N(C)c2ccc(Nc3ccc(C(=O)N4CC5(COC5)C4)cc3)nc2N1C1CCCCC1. The molecule has 4 aliphatic rings. The van der Waals surface area contributed by atoms with Crippen LogP contribution < -0.4 is 15.1 Å². The summed E-state index contributed by atoms with van der Waals surface area (Å²) >= 11 is 0. The molecule has 3 fully saturated rings. The molecule has 2 saturated heterocycles. The van der Waals surface area contributed by atoms with E-state index < -0.39 is 0 Å². The second kappa shape index (κ2) is 8.52. The highest BCUT2D eigenvalue weighted by molar-refractivity contribution is 6.04. The van der Waals surface area contributed by atoms with Gasteiger partial charge in [0.05, 0.1) is 24.3 Å².